The predicted molar refractivity (Wildman–Crippen MR) is 229 cm³/mol. The SMILES string of the molecule is CC1COCCN1c1cc(F)cc(N2CCc3nc(-c4ncccn4)ncc3C2C)n1.CC1COCCN1c1cc(F)nc(N2CCc3nc(-c4ncccn4)ncc3C2C)c1. The number of morpholine rings is 2. The van der Waals surface area contributed by atoms with E-state index in [0.717, 1.165) is 34.7 Å². The van der Waals surface area contributed by atoms with Gasteiger partial charge in [-0.1, -0.05) is 0 Å². The number of ether oxygens (including phenoxy) is 2. The van der Waals surface area contributed by atoms with Gasteiger partial charge in [-0.2, -0.15) is 4.39 Å². The molecule has 0 spiro atoms. The fraction of sp³-hybridized carbons (Fsp3) is 0.409. The van der Waals surface area contributed by atoms with Crippen molar-refractivity contribution in [2.75, 3.05) is 72.2 Å². The molecule has 2 fully saturated rings. The number of hydrogen-bond donors (Lipinski definition) is 0. The molecule has 10 heterocycles. The number of halogens is 2. The number of nitrogens with zero attached hydrogens (tertiary/aromatic N) is 14. The third kappa shape index (κ3) is 8.56. The van der Waals surface area contributed by atoms with Gasteiger partial charge in [-0.3, -0.25) is 0 Å². The molecule has 0 aliphatic carbocycles. The lowest BCUT2D eigenvalue weighted by molar-refractivity contribution is 0.0985. The Bertz CT molecular complexity index is 2330. The van der Waals surface area contributed by atoms with Crippen LogP contribution < -0.4 is 19.6 Å². The second kappa shape index (κ2) is 17.9. The first-order valence-electron chi connectivity index (χ1n) is 21.0. The number of rotatable bonds is 6. The van der Waals surface area contributed by atoms with Crippen molar-refractivity contribution >= 4 is 23.1 Å². The predicted octanol–water partition coefficient (Wildman–Crippen LogP) is 5.63. The van der Waals surface area contributed by atoms with Gasteiger partial charge in [0.1, 0.15) is 23.3 Å². The first kappa shape index (κ1) is 41.0. The van der Waals surface area contributed by atoms with Crippen molar-refractivity contribution in [3.63, 3.8) is 0 Å². The molecule has 18 heteroatoms. The molecule has 16 nitrogen and oxygen atoms in total. The Morgan fingerprint density at radius 2 is 1.00 bits per heavy atom. The van der Waals surface area contributed by atoms with Crippen LogP contribution in [0.2, 0.25) is 0 Å². The Labute approximate surface area is 358 Å². The summed E-state index contributed by atoms with van der Waals surface area (Å²) < 4.78 is 40.1. The van der Waals surface area contributed by atoms with Crippen LogP contribution in [0.5, 0.6) is 0 Å². The quantitative estimate of drug-likeness (QED) is 0.190. The molecule has 10 rings (SSSR count). The fourth-order valence-electron chi connectivity index (χ4n) is 8.52. The summed E-state index contributed by atoms with van der Waals surface area (Å²) in [6, 6.07) is 10.3. The van der Waals surface area contributed by atoms with Crippen LogP contribution in [-0.2, 0) is 22.3 Å². The minimum Gasteiger partial charge on any atom is -0.377 e. The summed E-state index contributed by atoms with van der Waals surface area (Å²) >= 11 is 0. The summed E-state index contributed by atoms with van der Waals surface area (Å²) in [4.78, 5) is 52.8. The van der Waals surface area contributed by atoms with Crippen molar-refractivity contribution in [2.24, 2.45) is 0 Å². The van der Waals surface area contributed by atoms with Crippen molar-refractivity contribution in [1.82, 2.24) is 49.8 Å². The van der Waals surface area contributed by atoms with E-state index in [9.17, 15) is 8.78 Å². The maximum Gasteiger partial charge on any atom is 0.216 e. The average molecular weight is 843 g/mol. The molecule has 0 saturated carbocycles. The summed E-state index contributed by atoms with van der Waals surface area (Å²) in [5.74, 6) is 3.20. The molecule has 0 amide bonds. The van der Waals surface area contributed by atoms with E-state index < -0.39 is 5.95 Å². The summed E-state index contributed by atoms with van der Waals surface area (Å²) in [7, 11) is 0. The molecular weight excluding hydrogens is 795 g/mol. The lowest BCUT2D eigenvalue weighted by Gasteiger charge is -2.38. The highest BCUT2D eigenvalue weighted by molar-refractivity contribution is 5.58. The molecule has 0 bridgehead atoms. The molecule has 6 aromatic heterocycles. The summed E-state index contributed by atoms with van der Waals surface area (Å²) in [5.41, 5.74) is 4.81. The van der Waals surface area contributed by atoms with E-state index in [0.29, 0.717) is 99.7 Å². The molecule has 2 saturated heterocycles. The summed E-state index contributed by atoms with van der Waals surface area (Å²) in [6.45, 7) is 13.6. The van der Waals surface area contributed by atoms with Crippen LogP contribution >= 0.6 is 0 Å². The number of hydrogen-bond acceptors (Lipinski definition) is 16. The molecule has 62 heavy (non-hydrogen) atoms. The van der Waals surface area contributed by atoms with E-state index in [-0.39, 0.29) is 30.0 Å². The van der Waals surface area contributed by atoms with E-state index in [4.69, 9.17) is 24.4 Å². The third-order valence-corrected chi connectivity index (χ3v) is 11.8. The van der Waals surface area contributed by atoms with Crippen molar-refractivity contribution < 1.29 is 18.3 Å². The first-order valence-corrected chi connectivity index (χ1v) is 21.0. The van der Waals surface area contributed by atoms with Crippen LogP contribution in [0.1, 0.15) is 62.3 Å². The van der Waals surface area contributed by atoms with Gasteiger partial charge in [0.25, 0.3) is 0 Å². The highest BCUT2D eigenvalue weighted by atomic mass is 19.1. The Kier molecular flexibility index (Phi) is 11.8. The molecule has 0 radical (unpaired) electrons. The van der Waals surface area contributed by atoms with E-state index in [1.54, 1.807) is 36.9 Å². The molecule has 320 valence electrons. The molecule has 4 unspecified atom stereocenters. The van der Waals surface area contributed by atoms with Gasteiger partial charge in [0.15, 0.2) is 23.3 Å². The van der Waals surface area contributed by atoms with Gasteiger partial charge in [-0.05, 0) is 39.8 Å². The topological polar surface area (TPSA) is 160 Å². The Balaban J connectivity index is 0.000000158. The number of fused-ring (bicyclic) bond motifs is 2. The molecule has 4 aliphatic rings. The normalized spacial score (nSPS) is 21.1. The maximum atomic E-state index is 14.6. The smallest absolute Gasteiger partial charge is 0.216 e. The highest BCUT2D eigenvalue weighted by Crippen LogP contribution is 2.36. The van der Waals surface area contributed by atoms with Crippen LogP contribution in [0.25, 0.3) is 23.3 Å². The van der Waals surface area contributed by atoms with E-state index >= 15 is 0 Å². The Morgan fingerprint density at radius 1 is 0.516 bits per heavy atom. The van der Waals surface area contributed by atoms with Crippen LogP contribution in [0.3, 0.4) is 0 Å². The van der Waals surface area contributed by atoms with Gasteiger partial charge in [0.05, 0.1) is 55.9 Å². The van der Waals surface area contributed by atoms with Crippen LogP contribution in [-0.4, -0.2) is 115 Å². The first-order chi connectivity index (χ1) is 30.2. The molecule has 6 aromatic rings. The molecule has 4 atom stereocenters. The number of aromatic nitrogens is 10. The molecule has 4 aliphatic heterocycles. The van der Waals surface area contributed by atoms with E-state index in [2.05, 4.69) is 82.2 Å². The molecular formula is C44H48F2N14O2. The van der Waals surface area contributed by atoms with E-state index in [1.165, 1.54) is 18.2 Å². The maximum absolute atomic E-state index is 14.6. The van der Waals surface area contributed by atoms with Crippen molar-refractivity contribution in [2.45, 2.75) is 64.7 Å². The van der Waals surface area contributed by atoms with Crippen LogP contribution in [0.15, 0.2) is 73.6 Å². The Morgan fingerprint density at radius 3 is 1.52 bits per heavy atom. The van der Waals surface area contributed by atoms with Gasteiger partial charge in [0, 0.05) is 123 Å². The summed E-state index contributed by atoms with van der Waals surface area (Å²) in [6.07, 6.45) is 11.8. The molecule has 0 N–H and O–H groups in total. The van der Waals surface area contributed by atoms with Crippen molar-refractivity contribution in [1.29, 1.82) is 0 Å². The highest BCUT2D eigenvalue weighted by Gasteiger charge is 2.31. The van der Waals surface area contributed by atoms with Crippen LogP contribution in [0.4, 0.5) is 31.9 Å². The lowest BCUT2D eigenvalue weighted by atomic mass is 9.99. The number of pyridine rings is 2. The van der Waals surface area contributed by atoms with Gasteiger partial charge in [-0.15, -0.1) is 0 Å². The van der Waals surface area contributed by atoms with Gasteiger partial charge >= 0.3 is 0 Å². The third-order valence-electron chi connectivity index (χ3n) is 11.8. The fourth-order valence-corrected chi connectivity index (χ4v) is 8.52. The standard InChI is InChI=1S/2C22H24FN7O/c1-14-13-31-9-8-29(14)16-10-19(23)28-20(11-16)30-7-4-18-17(15(30)2)12-26-22(27-18)21-24-5-3-6-25-21;1-14-13-31-9-8-29(14)19-10-16(23)11-20(28-19)30-7-4-18-17(15(30)2)12-26-22(27-18)21-24-5-3-6-25-21/h2*3,5-6,10-12,14-15H,4,7-9,13H2,1-2H3. The van der Waals surface area contributed by atoms with Crippen LogP contribution in [0, 0.1) is 11.8 Å². The minimum absolute atomic E-state index is 0.0289. The van der Waals surface area contributed by atoms with Crippen molar-refractivity contribution in [3.8, 4) is 23.3 Å². The van der Waals surface area contributed by atoms with Gasteiger partial charge in [-0.25, -0.2) is 54.2 Å². The average Bonchev–Trinajstić information content (AvgIpc) is 3.30. The second-order valence-corrected chi connectivity index (χ2v) is 15.8. The second-order valence-electron chi connectivity index (χ2n) is 15.8. The van der Waals surface area contributed by atoms with Gasteiger partial charge < -0.3 is 29.1 Å². The van der Waals surface area contributed by atoms with E-state index in [1.807, 2.05) is 18.5 Å². The van der Waals surface area contributed by atoms with Crippen molar-refractivity contribution in [3.05, 3.63) is 108 Å². The lowest BCUT2D eigenvalue weighted by Crippen LogP contribution is -2.44. The Hall–Kier alpha value is -6.40. The largest absolute Gasteiger partial charge is 0.377 e. The zero-order valence-corrected chi connectivity index (χ0v) is 35.1. The minimum atomic E-state index is -0.475. The summed E-state index contributed by atoms with van der Waals surface area (Å²) in [5, 5.41) is 0. The van der Waals surface area contributed by atoms with Gasteiger partial charge in [0.2, 0.25) is 5.95 Å². The zero-order valence-electron chi connectivity index (χ0n) is 35.1. The molecule has 0 aromatic carbocycles. The monoisotopic (exact) mass is 842 g/mol. The number of anilines is 4. The zero-order chi connectivity index (χ0) is 42.7.